The zero-order valence-corrected chi connectivity index (χ0v) is 21.4. The van der Waals surface area contributed by atoms with Crippen LogP contribution in [0.4, 0.5) is 0 Å². The minimum absolute atomic E-state index is 0.208. The monoisotopic (exact) mass is 436 g/mol. The largest absolute Gasteiger partial charge is 0.508 e. The highest BCUT2D eigenvalue weighted by Gasteiger charge is 2.29. The van der Waals surface area contributed by atoms with Gasteiger partial charge < -0.3 is 5.11 Å². The van der Waals surface area contributed by atoms with E-state index in [1.54, 1.807) is 5.56 Å². The minimum atomic E-state index is -0.208. The predicted octanol–water partition coefficient (Wildman–Crippen LogP) is 9.52. The summed E-state index contributed by atoms with van der Waals surface area (Å²) in [7, 11) is 0. The van der Waals surface area contributed by atoms with Gasteiger partial charge >= 0.3 is 0 Å². The van der Waals surface area contributed by atoms with E-state index in [9.17, 15) is 5.11 Å². The lowest BCUT2D eigenvalue weighted by atomic mass is 9.73. The molecule has 0 fully saturated rings. The van der Waals surface area contributed by atoms with Crippen LogP contribution in [-0.2, 0) is 18.3 Å². The van der Waals surface area contributed by atoms with Gasteiger partial charge in [0.15, 0.2) is 0 Å². The van der Waals surface area contributed by atoms with Crippen molar-refractivity contribution in [2.75, 3.05) is 0 Å². The third kappa shape index (κ3) is 7.98. The smallest absolute Gasteiger partial charge is 0.119 e. The summed E-state index contributed by atoms with van der Waals surface area (Å²) in [4.78, 5) is 0. The number of aromatic hydroxyl groups is 1. The quantitative estimate of drug-likeness (QED) is 0.260. The number of phenols is 1. The van der Waals surface area contributed by atoms with Crippen molar-refractivity contribution in [2.24, 2.45) is 0 Å². The van der Waals surface area contributed by atoms with Crippen molar-refractivity contribution >= 4 is 0 Å². The van der Waals surface area contributed by atoms with Crippen LogP contribution < -0.4 is 0 Å². The molecule has 0 saturated carbocycles. The van der Waals surface area contributed by atoms with E-state index in [2.05, 4.69) is 52.0 Å². The SMILES string of the molecule is CCCCCCCCc1cccc(C(C)(C)c2ccccc2O)c1CCCCCCCC. The molecule has 0 aliphatic carbocycles. The fourth-order valence-electron chi connectivity index (χ4n) is 5.07. The van der Waals surface area contributed by atoms with Gasteiger partial charge in [0.1, 0.15) is 5.75 Å². The second kappa shape index (κ2) is 14.4. The molecule has 0 amide bonds. The molecular formula is C31H48O. The summed E-state index contributed by atoms with van der Waals surface area (Å²) >= 11 is 0. The maximum absolute atomic E-state index is 10.6. The molecule has 0 unspecified atom stereocenters. The van der Waals surface area contributed by atoms with Gasteiger partial charge in [0.05, 0.1) is 0 Å². The van der Waals surface area contributed by atoms with Gasteiger partial charge in [-0.05, 0) is 48.4 Å². The first-order chi connectivity index (χ1) is 15.5. The Bertz CT molecular complexity index is 774. The van der Waals surface area contributed by atoms with Crippen LogP contribution >= 0.6 is 0 Å². The predicted molar refractivity (Wildman–Crippen MR) is 141 cm³/mol. The average Bonchev–Trinajstić information content (AvgIpc) is 2.79. The second-order valence-electron chi connectivity index (χ2n) is 10.1. The Balaban J connectivity index is 2.20. The summed E-state index contributed by atoms with van der Waals surface area (Å²) in [5.74, 6) is 0.407. The zero-order chi connectivity index (χ0) is 23.2. The van der Waals surface area contributed by atoms with Crippen molar-refractivity contribution < 1.29 is 5.11 Å². The molecule has 1 nitrogen and oxygen atoms in total. The third-order valence-corrected chi connectivity index (χ3v) is 7.10. The van der Waals surface area contributed by atoms with Gasteiger partial charge in [-0.25, -0.2) is 0 Å². The number of hydrogen-bond acceptors (Lipinski definition) is 1. The topological polar surface area (TPSA) is 20.2 Å². The standard InChI is InChI=1S/C31H48O/c1-5-7-9-11-13-15-20-26-21-19-24-28(27(26)22-16-14-12-10-8-6-2)31(3,4)29-23-17-18-25-30(29)32/h17-19,21,23-25,32H,5-16,20,22H2,1-4H3. The van der Waals surface area contributed by atoms with Crippen LogP contribution in [0.15, 0.2) is 42.5 Å². The normalized spacial score (nSPS) is 11.8. The number of benzene rings is 2. The van der Waals surface area contributed by atoms with E-state index in [-0.39, 0.29) is 5.41 Å². The van der Waals surface area contributed by atoms with E-state index in [0.29, 0.717) is 5.75 Å². The first-order valence-corrected chi connectivity index (χ1v) is 13.4. The summed E-state index contributed by atoms with van der Waals surface area (Å²) in [5, 5.41) is 10.6. The molecule has 0 saturated heterocycles. The van der Waals surface area contributed by atoms with Crippen LogP contribution in [0.1, 0.15) is 127 Å². The fraction of sp³-hybridized carbons (Fsp3) is 0.613. The average molecular weight is 437 g/mol. The molecule has 0 spiro atoms. The summed E-state index contributed by atoms with van der Waals surface area (Å²) < 4.78 is 0. The number of hydrogen-bond donors (Lipinski definition) is 1. The highest BCUT2D eigenvalue weighted by Crippen LogP contribution is 2.39. The number of aryl methyl sites for hydroxylation is 1. The Hall–Kier alpha value is -1.76. The van der Waals surface area contributed by atoms with E-state index in [4.69, 9.17) is 0 Å². The van der Waals surface area contributed by atoms with Gasteiger partial charge in [0, 0.05) is 11.0 Å². The van der Waals surface area contributed by atoms with Crippen LogP contribution in [-0.4, -0.2) is 5.11 Å². The molecule has 0 atom stereocenters. The molecule has 0 aliphatic heterocycles. The third-order valence-electron chi connectivity index (χ3n) is 7.10. The fourth-order valence-corrected chi connectivity index (χ4v) is 5.07. The molecule has 1 N–H and O–H groups in total. The molecule has 0 bridgehead atoms. The van der Waals surface area contributed by atoms with Crippen LogP contribution in [0.5, 0.6) is 5.75 Å². The molecule has 178 valence electrons. The highest BCUT2D eigenvalue weighted by molar-refractivity contribution is 5.50. The number of para-hydroxylation sites is 1. The molecule has 0 aromatic heterocycles. The summed E-state index contributed by atoms with van der Waals surface area (Å²) in [6, 6.07) is 14.8. The molecule has 2 aromatic carbocycles. The molecule has 0 aliphatic rings. The van der Waals surface area contributed by atoms with Gasteiger partial charge in [-0.15, -0.1) is 0 Å². The molecule has 1 heteroatoms. The first-order valence-electron chi connectivity index (χ1n) is 13.4. The highest BCUT2D eigenvalue weighted by atomic mass is 16.3. The maximum atomic E-state index is 10.6. The Kier molecular flexibility index (Phi) is 11.9. The van der Waals surface area contributed by atoms with Crippen molar-refractivity contribution in [2.45, 2.75) is 123 Å². The lowest BCUT2D eigenvalue weighted by Gasteiger charge is -2.30. The minimum Gasteiger partial charge on any atom is -0.508 e. The van der Waals surface area contributed by atoms with Crippen molar-refractivity contribution in [1.29, 1.82) is 0 Å². The van der Waals surface area contributed by atoms with Crippen molar-refractivity contribution in [3.05, 3.63) is 64.7 Å². The van der Waals surface area contributed by atoms with Crippen LogP contribution in [0.2, 0.25) is 0 Å². The van der Waals surface area contributed by atoms with Crippen molar-refractivity contribution in [3.8, 4) is 5.75 Å². The first kappa shape index (κ1) is 26.5. The maximum Gasteiger partial charge on any atom is 0.119 e. The Morgan fingerprint density at radius 3 is 1.75 bits per heavy atom. The summed E-state index contributed by atoms with van der Waals surface area (Å²) in [6.45, 7) is 9.12. The number of rotatable bonds is 16. The van der Waals surface area contributed by atoms with Gasteiger partial charge in [0.2, 0.25) is 0 Å². The van der Waals surface area contributed by atoms with E-state index in [1.807, 2.05) is 18.2 Å². The molecule has 32 heavy (non-hydrogen) atoms. The van der Waals surface area contributed by atoms with E-state index in [1.165, 1.54) is 94.6 Å². The Morgan fingerprint density at radius 2 is 1.12 bits per heavy atom. The molecular weight excluding hydrogens is 388 g/mol. The molecule has 2 rings (SSSR count). The van der Waals surface area contributed by atoms with Crippen LogP contribution in [0.3, 0.4) is 0 Å². The Labute approximate surface area is 198 Å². The van der Waals surface area contributed by atoms with Gasteiger partial charge in [-0.2, -0.15) is 0 Å². The number of unbranched alkanes of at least 4 members (excludes halogenated alkanes) is 10. The van der Waals surface area contributed by atoms with Gasteiger partial charge in [-0.1, -0.05) is 128 Å². The van der Waals surface area contributed by atoms with Crippen molar-refractivity contribution in [1.82, 2.24) is 0 Å². The van der Waals surface area contributed by atoms with E-state index >= 15 is 0 Å². The second-order valence-corrected chi connectivity index (χ2v) is 10.1. The van der Waals surface area contributed by atoms with E-state index < -0.39 is 0 Å². The summed E-state index contributed by atoms with van der Waals surface area (Å²) in [6.07, 6.45) is 18.4. The lowest BCUT2D eigenvalue weighted by molar-refractivity contribution is 0.452. The van der Waals surface area contributed by atoms with E-state index in [0.717, 1.165) is 12.0 Å². The van der Waals surface area contributed by atoms with Gasteiger partial charge in [0.25, 0.3) is 0 Å². The van der Waals surface area contributed by atoms with Gasteiger partial charge in [-0.3, -0.25) is 0 Å². The van der Waals surface area contributed by atoms with Crippen LogP contribution in [0, 0.1) is 0 Å². The Morgan fingerprint density at radius 1 is 0.594 bits per heavy atom. The number of phenolic OH excluding ortho intramolecular Hbond substituents is 1. The van der Waals surface area contributed by atoms with Crippen molar-refractivity contribution in [3.63, 3.8) is 0 Å². The van der Waals surface area contributed by atoms with Crippen LogP contribution in [0.25, 0.3) is 0 Å². The lowest BCUT2D eigenvalue weighted by Crippen LogP contribution is -2.22. The molecule has 0 heterocycles. The molecule has 2 aromatic rings. The zero-order valence-electron chi connectivity index (χ0n) is 21.4. The molecule has 0 radical (unpaired) electrons. The summed E-state index contributed by atoms with van der Waals surface area (Å²) in [5.41, 5.74) is 5.30.